The van der Waals surface area contributed by atoms with Crippen LogP contribution in [0.4, 0.5) is 8.78 Å². The Morgan fingerprint density at radius 1 is 1.10 bits per heavy atom. The van der Waals surface area contributed by atoms with E-state index in [0.717, 1.165) is 17.7 Å². The molecular weight excluding hydrogens is 286 g/mol. The van der Waals surface area contributed by atoms with E-state index >= 15 is 0 Å². The summed E-state index contributed by atoms with van der Waals surface area (Å²) in [5.74, 6) is -2.42. The Hall–Kier alpha value is -1.78. The number of Topliss-reactive ketones (excluding diaryl/α,β-unsaturated/α-hetero) is 1. The molecule has 2 rings (SSSR count). The van der Waals surface area contributed by atoms with Crippen molar-refractivity contribution in [3.05, 3.63) is 70.2 Å². The number of benzene rings is 2. The Morgan fingerprint density at radius 2 is 1.70 bits per heavy atom. The fourth-order valence-corrected chi connectivity index (χ4v) is 1.74. The smallest absolute Gasteiger partial charge is 0.188 e. The van der Waals surface area contributed by atoms with Crippen LogP contribution in [-0.4, -0.2) is 12.4 Å². The Morgan fingerprint density at radius 3 is 2.30 bits per heavy atom. The van der Waals surface area contributed by atoms with Crippen LogP contribution in [0.3, 0.4) is 0 Å². The van der Waals surface area contributed by atoms with Gasteiger partial charge in [0.2, 0.25) is 0 Å². The molecule has 104 valence electrons. The first kappa shape index (κ1) is 14.6. The Labute approximate surface area is 119 Å². The molecule has 0 unspecified atom stereocenters. The molecule has 0 bridgehead atoms. The van der Waals surface area contributed by atoms with Crippen molar-refractivity contribution in [2.45, 2.75) is 6.61 Å². The average Bonchev–Trinajstić information content (AvgIpc) is 2.45. The van der Waals surface area contributed by atoms with E-state index in [1.165, 1.54) is 0 Å². The van der Waals surface area contributed by atoms with Gasteiger partial charge in [-0.25, -0.2) is 8.78 Å². The van der Waals surface area contributed by atoms with Crippen molar-refractivity contribution in [2.75, 3.05) is 6.61 Å². The summed E-state index contributed by atoms with van der Waals surface area (Å²) in [5.41, 5.74) is 0.811. The van der Waals surface area contributed by atoms with Gasteiger partial charge in [0.05, 0.1) is 6.61 Å². The van der Waals surface area contributed by atoms with Gasteiger partial charge in [-0.1, -0.05) is 41.9 Å². The third-order valence-corrected chi connectivity index (χ3v) is 3.01. The van der Waals surface area contributed by atoms with Gasteiger partial charge >= 0.3 is 0 Å². The Kier molecular flexibility index (Phi) is 4.82. The van der Waals surface area contributed by atoms with Gasteiger partial charge < -0.3 is 4.74 Å². The van der Waals surface area contributed by atoms with Gasteiger partial charge in [0.25, 0.3) is 0 Å². The summed E-state index contributed by atoms with van der Waals surface area (Å²) in [6.07, 6.45) is 0. The summed E-state index contributed by atoms with van der Waals surface area (Å²) in [4.78, 5) is 11.7. The second-order valence-corrected chi connectivity index (χ2v) is 4.53. The number of carbonyl (C=O) groups is 1. The number of rotatable bonds is 5. The first-order chi connectivity index (χ1) is 9.58. The first-order valence-electron chi connectivity index (χ1n) is 5.87. The zero-order valence-electron chi connectivity index (χ0n) is 10.4. The minimum atomic E-state index is -0.960. The SMILES string of the molecule is O=C(COCc1ccccc1)c1cc(F)c(Cl)c(F)c1. The van der Waals surface area contributed by atoms with Gasteiger partial charge in [-0.15, -0.1) is 0 Å². The van der Waals surface area contributed by atoms with Crippen LogP contribution in [0.2, 0.25) is 5.02 Å². The summed E-state index contributed by atoms with van der Waals surface area (Å²) in [6.45, 7) is 0.000536. The van der Waals surface area contributed by atoms with Gasteiger partial charge in [0.1, 0.15) is 23.3 Å². The van der Waals surface area contributed by atoms with Crippen molar-refractivity contribution in [1.82, 2.24) is 0 Å². The number of carbonyl (C=O) groups excluding carboxylic acids is 1. The van der Waals surface area contributed by atoms with Gasteiger partial charge in [-0.05, 0) is 17.7 Å². The molecule has 0 saturated heterocycles. The van der Waals surface area contributed by atoms with Gasteiger partial charge in [0.15, 0.2) is 5.78 Å². The highest BCUT2D eigenvalue weighted by atomic mass is 35.5. The minimum Gasteiger partial charge on any atom is -0.369 e. The van der Waals surface area contributed by atoms with Crippen LogP contribution >= 0.6 is 11.6 Å². The van der Waals surface area contributed by atoms with E-state index in [1.54, 1.807) is 0 Å². The molecule has 0 N–H and O–H groups in total. The monoisotopic (exact) mass is 296 g/mol. The number of ether oxygens (including phenoxy) is 1. The number of hydrogen-bond donors (Lipinski definition) is 0. The van der Waals surface area contributed by atoms with Crippen LogP contribution in [0.5, 0.6) is 0 Å². The molecule has 2 nitrogen and oxygen atoms in total. The standard InChI is InChI=1S/C15H11ClF2O2/c16-15-12(17)6-11(7-13(15)18)14(19)9-20-8-10-4-2-1-3-5-10/h1-7H,8-9H2. The van der Waals surface area contributed by atoms with Crippen molar-refractivity contribution >= 4 is 17.4 Å². The molecule has 0 radical (unpaired) electrons. The van der Waals surface area contributed by atoms with E-state index in [2.05, 4.69) is 0 Å². The molecule has 0 amide bonds. The quantitative estimate of drug-likeness (QED) is 0.615. The average molecular weight is 297 g/mol. The molecular formula is C15H11ClF2O2. The van der Waals surface area contributed by atoms with Crippen LogP contribution in [-0.2, 0) is 11.3 Å². The number of hydrogen-bond acceptors (Lipinski definition) is 2. The summed E-state index contributed by atoms with van der Waals surface area (Å²) in [5, 5.41) is -0.619. The molecule has 2 aromatic carbocycles. The van der Waals surface area contributed by atoms with Crippen molar-refractivity contribution in [3.8, 4) is 0 Å². The lowest BCUT2D eigenvalue weighted by atomic mass is 10.1. The molecule has 2 aromatic rings. The second-order valence-electron chi connectivity index (χ2n) is 4.16. The largest absolute Gasteiger partial charge is 0.369 e. The van der Waals surface area contributed by atoms with E-state index in [1.807, 2.05) is 30.3 Å². The summed E-state index contributed by atoms with van der Waals surface area (Å²) < 4.78 is 31.7. The normalized spacial score (nSPS) is 10.6. The number of halogens is 3. The number of ketones is 1. The molecule has 5 heteroatoms. The lowest BCUT2D eigenvalue weighted by molar-refractivity contribution is 0.0726. The summed E-state index contributed by atoms with van der Waals surface area (Å²) in [7, 11) is 0. The van der Waals surface area contributed by atoms with Crippen molar-refractivity contribution in [3.63, 3.8) is 0 Å². The van der Waals surface area contributed by atoms with Crippen molar-refractivity contribution in [1.29, 1.82) is 0 Å². The molecule has 0 spiro atoms. The molecule has 0 fully saturated rings. The fourth-order valence-electron chi connectivity index (χ4n) is 1.64. The van der Waals surface area contributed by atoms with E-state index in [9.17, 15) is 13.6 Å². The maximum absolute atomic E-state index is 13.2. The third kappa shape index (κ3) is 3.62. The summed E-state index contributed by atoms with van der Waals surface area (Å²) in [6, 6.07) is 11.1. The Balaban J connectivity index is 1.95. The van der Waals surface area contributed by atoms with Crippen LogP contribution in [0.25, 0.3) is 0 Å². The highest BCUT2D eigenvalue weighted by Crippen LogP contribution is 2.20. The first-order valence-corrected chi connectivity index (χ1v) is 6.25. The molecule has 0 aliphatic carbocycles. The zero-order chi connectivity index (χ0) is 14.5. The molecule has 0 aliphatic heterocycles. The topological polar surface area (TPSA) is 26.3 Å². The van der Waals surface area contributed by atoms with E-state index in [4.69, 9.17) is 16.3 Å². The predicted octanol–water partition coefficient (Wildman–Crippen LogP) is 4.02. The van der Waals surface area contributed by atoms with Crippen molar-refractivity contribution < 1.29 is 18.3 Å². The zero-order valence-corrected chi connectivity index (χ0v) is 11.2. The maximum atomic E-state index is 13.2. The molecule has 0 saturated carbocycles. The lowest BCUT2D eigenvalue weighted by Crippen LogP contribution is -2.10. The highest BCUT2D eigenvalue weighted by molar-refractivity contribution is 6.31. The van der Waals surface area contributed by atoms with Crippen LogP contribution < -0.4 is 0 Å². The second kappa shape index (κ2) is 6.59. The van der Waals surface area contributed by atoms with Gasteiger partial charge in [-0.2, -0.15) is 0 Å². The lowest BCUT2D eigenvalue weighted by Gasteiger charge is -2.05. The molecule has 0 aliphatic rings. The van der Waals surface area contributed by atoms with Crippen molar-refractivity contribution in [2.24, 2.45) is 0 Å². The van der Waals surface area contributed by atoms with Crippen LogP contribution in [0.1, 0.15) is 15.9 Å². The van der Waals surface area contributed by atoms with E-state index < -0.39 is 22.4 Å². The van der Waals surface area contributed by atoms with E-state index in [0.29, 0.717) is 0 Å². The van der Waals surface area contributed by atoms with Crippen LogP contribution in [0.15, 0.2) is 42.5 Å². The van der Waals surface area contributed by atoms with Crippen LogP contribution in [0, 0.1) is 11.6 Å². The maximum Gasteiger partial charge on any atom is 0.188 e. The van der Waals surface area contributed by atoms with Gasteiger partial charge in [-0.3, -0.25) is 4.79 Å². The molecule has 0 atom stereocenters. The molecule has 0 heterocycles. The molecule has 0 aromatic heterocycles. The van der Waals surface area contributed by atoms with Gasteiger partial charge in [0, 0.05) is 5.56 Å². The highest BCUT2D eigenvalue weighted by Gasteiger charge is 2.13. The van der Waals surface area contributed by atoms with E-state index in [-0.39, 0.29) is 18.8 Å². The molecule has 20 heavy (non-hydrogen) atoms. The Bertz CT molecular complexity index is 592. The third-order valence-electron chi connectivity index (χ3n) is 2.65. The summed E-state index contributed by atoms with van der Waals surface area (Å²) >= 11 is 5.35. The minimum absolute atomic E-state index is 0.0996. The fraction of sp³-hybridized carbons (Fsp3) is 0.133. The predicted molar refractivity (Wildman–Crippen MR) is 71.8 cm³/mol.